The number of nitrogens with one attached hydrogen (secondary N) is 1. The second-order valence-electron chi connectivity index (χ2n) is 11.0. The van der Waals surface area contributed by atoms with Crippen molar-refractivity contribution in [2.24, 2.45) is 0 Å². The predicted molar refractivity (Wildman–Crippen MR) is 184 cm³/mol. The predicted octanol–water partition coefficient (Wildman–Crippen LogP) is 9.29. The number of aryl methyl sites for hydroxylation is 1. The molecule has 0 saturated carbocycles. The van der Waals surface area contributed by atoms with Crippen LogP contribution >= 0.6 is 11.8 Å². The van der Waals surface area contributed by atoms with Crippen molar-refractivity contribution in [1.82, 2.24) is 9.55 Å². The van der Waals surface area contributed by atoms with Gasteiger partial charge >= 0.3 is 5.97 Å². The summed E-state index contributed by atoms with van der Waals surface area (Å²) in [5, 5.41) is 2.99. The van der Waals surface area contributed by atoms with Gasteiger partial charge in [-0.15, -0.1) is 11.8 Å². The fourth-order valence-corrected chi connectivity index (χ4v) is 5.36. The van der Waals surface area contributed by atoms with E-state index < -0.39 is 0 Å². The number of nitrogens with zero attached hydrogens (tertiary/aromatic N) is 2. The van der Waals surface area contributed by atoms with Crippen LogP contribution in [-0.2, 0) is 16.1 Å². The molecule has 6 nitrogen and oxygen atoms in total. The van der Waals surface area contributed by atoms with Crippen molar-refractivity contribution in [3.63, 3.8) is 0 Å². The van der Waals surface area contributed by atoms with Crippen molar-refractivity contribution in [2.75, 3.05) is 17.7 Å². The summed E-state index contributed by atoms with van der Waals surface area (Å²) in [5.74, 6) is 0.280. The van der Waals surface area contributed by atoms with E-state index in [1.54, 1.807) is 30.4 Å². The van der Waals surface area contributed by atoms with E-state index in [-0.39, 0.29) is 11.9 Å². The molecule has 232 valence electrons. The zero-order valence-corrected chi connectivity index (χ0v) is 27.2. The molecule has 0 saturated heterocycles. The molecule has 0 unspecified atom stereocenters. The number of anilines is 1. The van der Waals surface area contributed by atoms with Crippen LogP contribution in [0.15, 0.2) is 113 Å². The largest absolute Gasteiger partial charge is 0.462 e. The van der Waals surface area contributed by atoms with Crippen LogP contribution in [0.3, 0.4) is 0 Å². The average Bonchev–Trinajstić information content (AvgIpc) is 3.53. The highest BCUT2D eigenvalue weighted by Crippen LogP contribution is 2.25. The van der Waals surface area contributed by atoms with E-state index in [1.165, 1.54) is 22.8 Å². The fraction of sp³-hybridized carbons (Fsp3) is 0.324. The van der Waals surface area contributed by atoms with E-state index in [1.807, 2.05) is 59.3 Å². The molecule has 1 N–H and O–H groups in total. The van der Waals surface area contributed by atoms with Gasteiger partial charge in [-0.05, 0) is 95.7 Å². The number of ether oxygens (including phenoxy) is 1. The van der Waals surface area contributed by atoms with Gasteiger partial charge in [-0.3, -0.25) is 4.79 Å². The Balaban J connectivity index is 1.43. The second kappa shape index (κ2) is 19.2. The lowest BCUT2D eigenvalue weighted by Gasteiger charge is -2.10. The SMILES string of the molecule is CC(C)=CCC/C(C)=C/CC/C(C)=C/CSc1ccccc1C(=O)Nc1ccc(/C=C/C(=O)OCCCn2ccnc2)cc1. The molecule has 44 heavy (non-hydrogen) atoms. The van der Waals surface area contributed by atoms with Crippen LogP contribution in [0, 0.1) is 0 Å². The lowest BCUT2D eigenvalue weighted by atomic mass is 10.1. The topological polar surface area (TPSA) is 73.2 Å². The molecule has 3 aromatic rings. The Morgan fingerprint density at radius 2 is 1.66 bits per heavy atom. The number of carbonyl (C=O) groups is 2. The molecule has 7 heteroatoms. The van der Waals surface area contributed by atoms with Gasteiger partial charge in [0, 0.05) is 41.4 Å². The van der Waals surface area contributed by atoms with Crippen molar-refractivity contribution in [3.8, 4) is 0 Å². The van der Waals surface area contributed by atoms with Crippen molar-refractivity contribution < 1.29 is 14.3 Å². The smallest absolute Gasteiger partial charge is 0.330 e. The molecule has 0 aliphatic rings. The molecule has 0 aliphatic carbocycles. The van der Waals surface area contributed by atoms with Gasteiger partial charge in [0.2, 0.25) is 0 Å². The third-order valence-electron chi connectivity index (χ3n) is 6.87. The van der Waals surface area contributed by atoms with E-state index in [2.05, 4.69) is 56.2 Å². The molecule has 0 atom stereocenters. The van der Waals surface area contributed by atoms with Crippen LogP contribution in [0.4, 0.5) is 5.69 Å². The number of amides is 1. The van der Waals surface area contributed by atoms with Crippen molar-refractivity contribution >= 4 is 35.4 Å². The minimum Gasteiger partial charge on any atom is -0.462 e. The maximum absolute atomic E-state index is 13.1. The lowest BCUT2D eigenvalue weighted by molar-refractivity contribution is -0.137. The summed E-state index contributed by atoms with van der Waals surface area (Å²) in [6, 6.07) is 15.1. The Morgan fingerprint density at radius 1 is 0.932 bits per heavy atom. The lowest BCUT2D eigenvalue weighted by Crippen LogP contribution is -2.13. The standard InChI is InChI=1S/C37H45N3O3S/c1-29(2)10-7-11-30(3)12-8-13-31(4)22-27-44-35-15-6-5-14-34(35)37(42)39-33-19-16-32(17-20-33)18-21-36(41)43-26-9-24-40-25-23-38-28-40/h5-6,10,12,14-23,25,28H,7-9,11,13,24,26-27H2,1-4H3,(H,39,42)/b21-18+,30-12+,31-22+. The maximum Gasteiger partial charge on any atom is 0.330 e. The van der Waals surface area contributed by atoms with Gasteiger partial charge < -0.3 is 14.6 Å². The second-order valence-corrected chi connectivity index (χ2v) is 12.1. The minimum atomic E-state index is -0.384. The molecule has 0 aliphatic heterocycles. The van der Waals surface area contributed by atoms with Crippen LogP contribution in [-0.4, -0.2) is 33.8 Å². The highest BCUT2D eigenvalue weighted by molar-refractivity contribution is 7.99. The Kier molecular flexibility index (Phi) is 15.0. The molecule has 1 aromatic heterocycles. The van der Waals surface area contributed by atoms with E-state index in [0.29, 0.717) is 17.9 Å². The quantitative estimate of drug-likeness (QED) is 0.0541. The zero-order chi connectivity index (χ0) is 31.6. The van der Waals surface area contributed by atoms with E-state index >= 15 is 0 Å². The van der Waals surface area contributed by atoms with Crippen molar-refractivity contribution in [2.45, 2.75) is 71.2 Å². The van der Waals surface area contributed by atoms with Gasteiger partial charge in [0.15, 0.2) is 0 Å². The number of hydrogen-bond donors (Lipinski definition) is 1. The average molecular weight is 612 g/mol. The third kappa shape index (κ3) is 13.5. The van der Waals surface area contributed by atoms with E-state index in [9.17, 15) is 9.59 Å². The molecule has 1 amide bonds. The summed E-state index contributed by atoms with van der Waals surface area (Å²) >= 11 is 1.67. The third-order valence-corrected chi connectivity index (χ3v) is 7.87. The first-order valence-corrected chi connectivity index (χ1v) is 16.2. The van der Waals surface area contributed by atoms with Crippen LogP contribution in [0.5, 0.6) is 0 Å². The molecule has 1 heterocycles. The highest BCUT2D eigenvalue weighted by Gasteiger charge is 2.11. The number of aromatic nitrogens is 2. The number of hydrogen-bond acceptors (Lipinski definition) is 5. The maximum atomic E-state index is 13.1. The Labute approximate surface area is 267 Å². The first-order valence-electron chi connectivity index (χ1n) is 15.2. The number of esters is 1. The summed E-state index contributed by atoms with van der Waals surface area (Å²) in [6.07, 6.45) is 20.4. The fourth-order valence-electron chi connectivity index (χ4n) is 4.32. The van der Waals surface area contributed by atoms with E-state index in [4.69, 9.17) is 4.74 Å². The molecule has 0 radical (unpaired) electrons. The highest BCUT2D eigenvalue weighted by atomic mass is 32.2. The number of imidazole rings is 1. The molecule has 0 spiro atoms. The van der Waals surface area contributed by atoms with Gasteiger partial charge in [-0.2, -0.15) is 0 Å². The Hall–Kier alpha value is -4.10. The number of carbonyl (C=O) groups excluding carboxylic acids is 2. The monoisotopic (exact) mass is 611 g/mol. The zero-order valence-electron chi connectivity index (χ0n) is 26.4. The molecular formula is C37H45N3O3S. The van der Waals surface area contributed by atoms with Crippen LogP contribution < -0.4 is 5.32 Å². The summed E-state index contributed by atoms with van der Waals surface area (Å²) in [7, 11) is 0. The Morgan fingerprint density at radius 3 is 2.39 bits per heavy atom. The van der Waals surface area contributed by atoms with Gasteiger partial charge in [-0.1, -0.05) is 59.2 Å². The van der Waals surface area contributed by atoms with Gasteiger partial charge in [0.25, 0.3) is 5.91 Å². The summed E-state index contributed by atoms with van der Waals surface area (Å²) < 4.78 is 7.20. The first kappa shape index (κ1) is 34.4. The number of allylic oxidation sites excluding steroid dienone is 5. The van der Waals surface area contributed by atoms with Crippen molar-refractivity contribution in [3.05, 3.63) is 119 Å². The first-order chi connectivity index (χ1) is 21.3. The summed E-state index contributed by atoms with van der Waals surface area (Å²) in [6.45, 7) is 9.78. The minimum absolute atomic E-state index is 0.148. The normalized spacial score (nSPS) is 11.9. The molecular weight excluding hydrogens is 566 g/mol. The number of thioether (sulfide) groups is 1. The van der Waals surface area contributed by atoms with E-state index in [0.717, 1.165) is 54.9 Å². The van der Waals surface area contributed by atoms with Gasteiger partial charge in [0.05, 0.1) is 18.5 Å². The molecule has 0 bridgehead atoms. The number of rotatable bonds is 17. The van der Waals surface area contributed by atoms with Crippen LogP contribution in [0.2, 0.25) is 0 Å². The van der Waals surface area contributed by atoms with Crippen LogP contribution in [0.25, 0.3) is 6.08 Å². The van der Waals surface area contributed by atoms with Crippen molar-refractivity contribution in [1.29, 1.82) is 0 Å². The molecule has 3 rings (SSSR count). The van der Waals surface area contributed by atoms with Crippen LogP contribution in [0.1, 0.15) is 75.7 Å². The number of benzene rings is 2. The molecule has 0 fully saturated rings. The van der Waals surface area contributed by atoms with Gasteiger partial charge in [0.1, 0.15) is 0 Å². The summed E-state index contributed by atoms with van der Waals surface area (Å²) in [4.78, 5) is 30.1. The Bertz CT molecular complexity index is 1450. The molecule has 2 aromatic carbocycles. The summed E-state index contributed by atoms with van der Waals surface area (Å²) in [5.41, 5.74) is 6.37. The van der Waals surface area contributed by atoms with Gasteiger partial charge in [-0.25, -0.2) is 9.78 Å².